The van der Waals surface area contributed by atoms with Crippen molar-refractivity contribution in [3.8, 4) is 0 Å². The van der Waals surface area contributed by atoms with Gasteiger partial charge in [-0.3, -0.25) is 0 Å². The van der Waals surface area contributed by atoms with E-state index < -0.39 is 14.5 Å². The van der Waals surface area contributed by atoms with Crippen molar-refractivity contribution in [1.82, 2.24) is 0 Å². The Bertz CT molecular complexity index is 1340. The van der Waals surface area contributed by atoms with Crippen molar-refractivity contribution >= 4 is 46.4 Å². The van der Waals surface area contributed by atoms with Crippen molar-refractivity contribution in [3.63, 3.8) is 0 Å². The van der Waals surface area contributed by atoms with E-state index in [4.69, 9.17) is 6.58 Å². The Balaban J connectivity index is 1.82. The number of benzene rings is 6. The molecule has 0 saturated carbocycles. The van der Waals surface area contributed by atoms with Crippen LogP contribution >= 0.6 is 14.5 Å². The predicted octanol–water partition coefficient (Wildman–Crippen LogP) is 6.91. The zero-order valence-electron chi connectivity index (χ0n) is 22.5. The molecule has 0 nitrogen and oxygen atoms in total. The second kappa shape index (κ2) is 11.6. The molecule has 0 unspecified atom stereocenters. The first kappa shape index (κ1) is 26.2. The van der Waals surface area contributed by atoms with Gasteiger partial charge in [0.1, 0.15) is 0 Å². The van der Waals surface area contributed by atoms with Gasteiger partial charge >= 0.3 is 240 Å². The molecule has 0 N–H and O–H groups in total. The third kappa shape index (κ3) is 4.35. The van der Waals surface area contributed by atoms with Crippen LogP contribution in [0.2, 0.25) is 0 Å². The van der Waals surface area contributed by atoms with Gasteiger partial charge in [-0.1, -0.05) is 0 Å². The zero-order valence-corrected chi connectivity index (χ0v) is 24.5. The fraction of sp³-hybridized carbons (Fsp3) is 0. The molecule has 2 heteroatoms. The SMILES string of the molecule is C=C([PH](c1ccccc1)(c1ccccc1)c1ccccc1)[PH](c1ccccc1)(c1ccccc1)c1ccccc1. The summed E-state index contributed by atoms with van der Waals surface area (Å²) in [5.41, 5.74) is 0. The Labute approximate surface area is 239 Å². The zero-order chi connectivity index (χ0) is 27.3. The molecule has 0 spiro atoms. The minimum absolute atomic E-state index is 1.35. The van der Waals surface area contributed by atoms with Gasteiger partial charge in [-0.05, 0) is 0 Å². The fourth-order valence-corrected chi connectivity index (χ4v) is 19.5. The van der Waals surface area contributed by atoms with Crippen molar-refractivity contribution in [2.75, 3.05) is 0 Å². The molecular formula is C38H34P2. The molecule has 0 fully saturated rings. The minimum atomic E-state index is -2.84. The van der Waals surface area contributed by atoms with Crippen LogP contribution in [0.15, 0.2) is 194 Å². The summed E-state index contributed by atoms with van der Waals surface area (Å²) in [7, 11) is -5.69. The van der Waals surface area contributed by atoms with Crippen LogP contribution in [0.1, 0.15) is 0 Å². The molecule has 0 aliphatic carbocycles. The first-order valence-electron chi connectivity index (χ1n) is 13.8. The Morgan fingerprint density at radius 2 is 0.425 bits per heavy atom. The Kier molecular flexibility index (Phi) is 7.57. The molecule has 0 bridgehead atoms. The molecule has 0 aliphatic heterocycles. The molecule has 0 atom stereocenters. The molecule has 6 aromatic rings. The van der Waals surface area contributed by atoms with Crippen LogP contribution in [0.4, 0.5) is 0 Å². The molecule has 196 valence electrons. The van der Waals surface area contributed by atoms with Gasteiger partial charge in [-0.25, -0.2) is 0 Å². The van der Waals surface area contributed by atoms with E-state index in [-0.39, 0.29) is 0 Å². The number of hydrogen-bond donors (Lipinski definition) is 0. The quantitative estimate of drug-likeness (QED) is 0.180. The van der Waals surface area contributed by atoms with Gasteiger partial charge in [-0.15, -0.1) is 0 Å². The Morgan fingerprint density at radius 1 is 0.275 bits per heavy atom. The predicted molar refractivity (Wildman–Crippen MR) is 182 cm³/mol. The van der Waals surface area contributed by atoms with E-state index >= 15 is 0 Å². The summed E-state index contributed by atoms with van der Waals surface area (Å²) in [4.78, 5) is 0. The first-order chi connectivity index (χ1) is 19.8. The van der Waals surface area contributed by atoms with Crippen molar-refractivity contribution in [1.29, 1.82) is 0 Å². The summed E-state index contributed by atoms with van der Waals surface area (Å²) < 4.78 is 0. The van der Waals surface area contributed by atoms with Crippen LogP contribution in [0.25, 0.3) is 0 Å². The molecule has 0 radical (unpaired) electrons. The summed E-state index contributed by atoms with van der Waals surface area (Å²) in [6.45, 7) is 5.28. The van der Waals surface area contributed by atoms with E-state index in [1.54, 1.807) is 0 Å². The molecular weight excluding hydrogens is 518 g/mol. The van der Waals surface area contributed by atoms with Gasteiger partial charge in [-0.2, -0.15) is 0 Å². The van der Waals surface area contributed by atoms with Crippen molar-refractivity contribution in [2.24, 2.45) is 0 Å². The van der Waals surface area contributed by atoms with Crippen LogP contribution in [0.3, 0.4) is 0 Å². The van der Waals surface area contributed by atoms with E-state index in [2.05, 4.69) is 182 Å². The molecule has 40 heavy (non-hydrogen) atoms. The maximum atomic E-state index is 5.28. The summed E-state index contributed by atoms with van der Waals surface area (Å²) >= 11 is 0. The van der Waals surface area contributed by atoms with Gasteiger partial charge in [0.25, 0.3) is 0 Å². The normalized spacial score (nSPS) is 12.4. The monoisotopic (exact) mass is 552 g/mol. The number of rotatable bonds is 8. The molecule has 6 rings (SSSR count). The second-order valence-electron chi connectivity index (χ2n) is 10.2. The Hall–Kier alpha value is -4.08. The van der Waals surface area contributed by atoms with Crippen LogP contribution < -0.4 is 31.8 Å². The standard InChI is InChI=1S/C38H34P2/c1-32(39(33-20-8-2-9-21-33,34-22-10-3-11-23-34)35-24-12-4-13-25-35)40(36-26-14-5-15-27-36,37-28-16-6-17-29-37)38-30-18-7-19-31-38/h2-31,39-40H,1H2. The summed E-state index contributed by atoms with van der Waals surface area (Å²) in [5, 5.41) is 9.50. The van der Waals surface area contributed by atoms with Gasteiger partial charge in [0, 0.05) is 0 Å². The van der Waals surface area contributed by atoms with Crippen LogP contribution in [0.5, 0.6) is 0 Å². The van der Waals surface area contributed by atoms with Crippen molar-refractivity contribution in [2.45, 2.75) is 0 Å². The molecule has 6 aromatic carbocycles. The van der Waals surface area contributed by atoms with E-state index in [9.17, 15) is 0 Å². The molecule has 0 aromatic heterocycles. The first-order valence-corrected chi connectivity index (χ1v) is 17.8. The third-order valence-corrected chi connectivity index (χ3v) is 19.4. The average Bonchev–Trinajstić information content (AvgIpc) is 3.05. The van der Waals surface area contributed by atoms with Crippen molar-refractivity contribution < 1.29 is 0 Å². The molecule has 0 amide bonds. The number of hydrogen-bond acceptors (Lipinski definition) is 0. The van der Waals surface area contributed by atoms with E-state index in [1.165, 1.54) is 36.9 Å². The fourth-order valence-electron chi connectivity index (χ4n) is 6.46. The van der Waals surface area contributed by atoms with E-state index in [0.717, 1.165) is 0 Å². The summed E-state index contributed by atoms with van der Waals surface area (Å²) in [5.74, 6) is 0. The maximum absolute atomic E-state index is 5.28. The van der Waals surface area contributed by atoms with Crippen LogP contribution in [0, 0.1) is 0 Å². The van der Waals surface area contributed by atoms with Gasteiger partial charge in [0.2, 0.25) is 0 Å². The Morgan fingerprint density at radius 3 is 0.575 bits per heavy atom. The van der Waals surface area contributed by atoms with Crippen molar-refractivity contribution in [3.05, 3.63) is 194 Å². The topological polar surface area (TPSA) is 0 Å². The molecule has 0 saturated heterocycles. The van der Waals surface area contributed by atoms with E-state index in [0.29, 0.717) is 0 Å². The van der Waals surface area contributed by atoms with Gasteiger partial charge in [0.15, 0.2) is 0 Å². The van der Waals surface area contributed by atoms with E-state index in [1.807, 2.05) is 0 Å². The van der Waals surface area contributed by atoms with Crippen LogP contribution in [-0.2, 0) is 0 Å². The molecule has 0 heterocycles. The van der Waals surface area contributed by atoms with Crippen LogP contribution in [-0.4, -0.2) is 0 Å². The van der Waals surface area contributed by atoms with Gasteiger partial charge in [0.05, 0.1) is 0 Å². The summed E-state index contributed by atoms with van der Waals surface area (Å²) in [6.07, 6.45) is 0. The third-order valence-electron chi connectivity index (χ3n) is 8.15. The summed E-state index contributed by atoms with van der Waals surface area (Å²) in [6, 6.07) is 67.0. The second-order valence-corrected chi connectivity index (χ2v) is 18.3. The molecule has 0 aliphatic rings. The van der Waals surface area contributed by atoms with Gasteiger partial charge < -0.3 is 0 Å². The average molecular weight is 553 g/mol.